The first-order valence-corrected chi connectivity index (χ1v) is 7.06. The number of hydrogen-bond acceptors (Lipinski definition) is 1. The maximum atomic E-state index is 5.81. The molecule has 0 heterocycles. The van der Waals surface area contributed by atoms with Gasteiger partial charge in [0.25, 0.3) is 0 Å². The van der Waals surface area contributed by atoms with Crippen molar-refractivity contribution < 1.29 is 4.74 Å². The molecular formula is C18H17ClO. The van der Waals surface area contributed by atoms with Crippen LogP contribution in [0.3, 0.4) is 0 Å². The largest absolute Gasteiger partial charge is 0.489 e. The van der Waals surface area contributed by atoms with E-state index in [9.17, 15) is 0 Å². The average molecular weight is 285 g/mol. The summed E-state index contributed by atoms with van der Waals surface area (Å²) >= 11 is 5.56. The van der Waals surface area contributed by atoms with Crippen LogP contribution in [0.15, 0.2) is 42.5 Å². The van der Waals surface area contributed by atoms with E-state index in [1.54, 1.807) is 0 Å². The Morgan fingerprint density at radius 2 is 1.90 bits per heavy atom. The summed E-state index contributed by atoms with van der Waals surface area (Å²) in [4.78, 5) is 0. The second kappa shape index (κ2) is 7.03. The fraction of sp³-hybridized carbons (Fsp3) is 0.222. The SMILES string of the molecule is Cc1ccc(COc2cccc(C#CCCl)c2)cc1C. The van der Waals surface area contributed by atoms with Gasteiger partial charge in [0.1, 0.15) is 12.4 Å². The predicted molar refractivity (Wildman–Crippen MR) is 84.3 cm³/mol. The molecule has 0 saturated heterocycles. The Balaban J connectivity index is 2.05. The summed E-state index contributed by atoms with van der Waals surface area (Å²) in [5, 5.41) is 0. The van der Waals surface area contributed by atoms with Crippen LogP contribution >= 0.6 is 11.6 Å². The van der Waals surface area contributed by atoms with E-state index in [4.69, 9.17) is 16.3 Å². The van der Waals surface area contributed by atoms with E-state index < -0.39 is 0 Å². The van der Waals surface area contributed by atoms with Crippen LogP contribution < -0.4 is 4.74 Å². The lowest BCUT2D eigenvalue weighted by atomic mass is 10.1. The monoisotopic (exact) mass is 284 g/mol. The van der Waals surface area contributed by atoms with Crippen LogP contribution in [-0.2, 0) is 6.61 Å². The van der Waals surface area contributed by atoms with E-state index in [-0.39, 0.29) is 0 Å². The first-order chi connectivity index (χ1) is 9.69. The second-order valence-corrected chi connectivity index (χ2v) is 4.94. The van der Waals surface area contributed by atoms with Gasteiger partial charge >= 0.3 is 0 Å². The molecule has 1 nitrogen and oxygen atoms in total. The van der Waals surface area contributed by atoms with Crippen molar-refractivity contribution in [3.8, 4) is 17.6 Å². The number of halogens is 1. The highest BCUT2D eigenvalue weighted by Gasteiger charge is 1.99. The van der Waals surface area contributed by atoms with Gasteiger partial charge in [-0.05, 0) is 48.7 Å². The summed E-state index contributed by atoms with van der Waals surface area (Å²) in [7, 11) is 0. The van der Waals surface area contributed by atoms with E-state index in [0.717, 1.165) is 11.3 Å². The molecule has 2 aromatic carbocycles. The zero-order valence-corrected chi connectivity index (χ0v) is 12.5. The summed E-state index contributed by atoms with van der Waals surface area (Å²) in [6.45, 7) is 4.79. The molecule has 2 heteroatoms. The second-order valence-electron chi connectivity index (χ2n) is 4.67. The average Bonchev–Trinajstić information content (AvgIpc) is 2.47. The van der Waals surface area contributed by atoms with Crippen LogP contribution in [0.25, 0.3) is 0 Å². The molecule has 0 saturated carbocycles. The van der Waals surface area contributed by atoms with Gasteiger partial charge < -0.3 is 4.74 Å². The topological polar surface area (TPSA) is 9.23 Å². The first kappa shape index (κ1) is 14.5. The molecule has 0 N–H and O–H groups in total. The molecular weight excluding hydrogens is 268 g/mol. The Hall–Kier alpha value is -1.91. The number of benzene rings is 2. The molecule has 0 atom stereocenters. The molecule has 2 aromatic rings. The van der Waals surface area contributed by atoms with Crippen molar-refractivity contribution in [1.82, 2.24) is 0 Å². The van der Waals surface area contributed by atoms with Crippen molar-refractivity contribution in [2.24, 2.45) is 0 Å². The van der Waals surface area contributed by atoms with E-state index in [1.807, 2.05) is 24.3 Å². The van der Waals surface area contributed by atoms with E-state index >= 15 is 0 Å². The zero-order valence-electron chi connectivity index (χ0n) is 11.7. The van der Waals surface area contributed by atoms with Crippen molar-refractivity contribution in [3.05, 3.63) is 64.7 Å². The molecule has 0 aromatic heterocycles. The van der Waals surface area contributed by atoms with Gasteiger partial charge in [-0.1, -0.05) is 36.1 Å². The number of rotatable bonds is 3. The van der Waals surface area contributed by atoms with Gasteiger partial charge in [-0.2, -0.15) is 0 Å². The molecule has 0 aliphatic carbocycles. The van der Waals surface area contributed by atoms with Crippen molar-refractivity contribution in [1.29, 1.82) is 0 Å². The number of hydrogen-bond donors (Lipinski definition) is 0. The van der Waals surface area contributed by atoms with Gasteiger partial charge in [0.2, 0.25) is 0 Å². The van der Waals surface area contributed by atoms with Crippen LogP contribution in [0.1, 0.15) is 22.3 Å². The van der Waals surface area contributed by atoms with Crippen molar-refractivity contribution in [2.45, 2.75) is 20.5 Å². The lowest BCUT2D eigenvalue weighted by Gasteiger charge is -2.08. The van der Waals surface area contributed by atoms with Gasteiger partial charge in [0.05, 0.1) is 5.88 Å². The van der Waals surface area contributed by atoms with Gasteiger partial charge in [-0.3, -0.25) is 0 Å². The van der Waals surface area contributed by atoms with Crippen molar-refractivity contribution >= 4 is 11.6 Å². The Labute approximate surface area is 125 Å². The third-order valence-electron chi connectivity index (χ3n) is 3.11. The van der Waals surface area contributed by atoms with Crippen LogP contribution in [-0.4, -0.2) is 5.88 Å². The Bertz CT molecular complexity index is 650. The zero-order chi connectivity index (χ0) is 14.4. The first-order valence-electron chi connectivity index (χ1n) is 6.53. The number of alkyl halides is 1. The normalized spacial score (nSPS) is 9.75. The fourth-order valence-corrected chi connectivity index (χ4v) is 1.93. The molecule has 0 bridgehead atoms. The summed E-state index contributed by atoms with van der Waals surface area (Å²) in [5.74, 6) is 6.99. The fourth-order valence-electron chi connectivity index (χ4n) is 1.86. The van der Waals surface area contributed by atoms with Gasteiger partial charge in [-0.25, -0.2) is 0 Å². The molecule has 0 aliphatic heterocycles. The van der Waals surface area contributed by atoms with Crippen LogP contribution in [0.5, 0.6) is 5.75 Å². The van der Waals surface area contributed by atoms with Gasteiger partial charge in [0, 0.05) is 5.56 Å². The van der Waals surface area contributed by atoms with Crippen molar-refractivity contribution in [3.63, 3.8) is 0 Å². The number of aryl methyl sites for hydroxylation is 2. The van der Waals surface area contributed by atoms with Crippen LogP contribution in [0.4, 0.5) is 0 Å². The predicted octanol–water partition coefficient (Wildman–Crippen LogP) is 4.47. The van der Waals surface area contributed by atoms with Gasteiger partial charge in [0.15, 0.2) is 0 Å². The lowest BCUT2D eigenvalue weighted by Crippen LogP contribution is -1.96. The highest BCUT2D eigenvalue weighted by Crippen LogP contribution is 2.16. The quantitative estimate of drug-likeness (QED) is 0.597. The third-order valence-corrected chi connectivity index (χ3v) is 3.24. The third kappa shape index (κ3) is 4.05. The number of ether oxygens (including phenoxy) is 1. The molecule has 2 rings (SSSR count). The standard InChI is InChI=1S/C18H17ClO/c1-14-8-9-17(11-15(14)2)13-20-18-7-3-5-16(12-18)6-4-10-19/h3,5,7-9,11-12H,10,13H2,1-2H3. The molecule has 0 amide bonds. The maximum absolute atomic E-state index is 5.81. The smallest absolute Gasteiger partial charge is 0.121 e. The summed E-state index contributed by atoms with van der Waals surface area (Å²) in [6, 6.07) is 14.1. The van der Waals surface area contributed by atoms with Crippen molar-refractivity contribution in [2.75, 3.05) is 5.88 Å². The minimum absolute atomic E-state index is 0.341. The summed E-state index contributed by atoms with van der Waals surface area (Å²) in [5.41, 5.74) is 4.67. The molecule has 0 radical (unpaired) electrons. The Kier molecular flexibility index (Phi) is 5.09. The van der Waals surface area contributed by atoms with Crippen LogP contribution in [0.2, 0.25) is 0 Å². The Morgan fingerprint density at radius 3 is 2.65 bits per heavy atom. The highest BCUT2D eigenvalue weighted by molar-refractivity contribution is 6.19. The molecule has 0 spiro atoms. The summed E-state index contributed by atoms with van der Waals surface area (Å²) < 4.78 is 5.81. The molecule has 20 heavy (non-hydrogen) atoms. The van der Waals surface area contributed by atoms with E-state index in [2.05, 4.69) is 43.9 Å². The van der Waals surface area contributed by atoms with E-state index in [1.165, 1.54) is 16.7 Å². The molecule has 102 valence electrons. The van der Waals surface area contributed by atoms with Crippen LogP contribution in [0, 0.1) is 25.7 Å². The van der Waals surface area contributed by atoms with Gasteiger partial charge in [-0.15, -0.1) is 11.6 Å². The molecule has 0 fully saturated rings. The maximum Gasteiger partial charge on any atom is 0.121 e. The summed E-state index contributed by atoms with van der Waals surface area (Å²) in [6.07, 6.45) is 0. The lowest BCUT2D eigenvalue weighted by molar-refractivity contribution is 0.306. The molecule has 0 unspecified atom stereocenters. The Morgan fingerprint density at radius 1 is 1.05 bits per heavy atom. The minimum Gasteiger partial charge on any atom is -0.489 e. The minimum atomic E-state index is 0.341. The van der Waals surface area contributed by atoms with E-state index in [0.29, 0.717) is 12.5 Å². The molecule has 0 aliphatic rings. The highest BCUT2D eigenvalue weighted by atomic mass is 35.5.